The molecule has 0 aromatic rings. The maximum atomic E-state index is 9.60. The molecule has 0 fully saturated rings. The van der Waals surface area contributed by atoms with Crippen LogP contribution >= 0.6 is 0 Å². The Balaban J connectivity index is 2.24. The molecule has 1 rings (SSSR count). The van der Waals surface area contributed by atoms with Crippen molar-refractivity contribution in [2.24, 2.45) is 4.99 Å². The number of ether oxygens (including phenoxy) is 1. The summed E-state index contributed by atoms with van der Waals surface area (Å²) in [5.74, 6) is 0.738. The van der Waals surface area contributed by atoms with Crippen LogP contribution in [-0.4, -0.2) is 55.3 Å². The Morgan fingerprint density at radius 2 is 2.38 bits per heavy atom. The van der Waals surface area contributed by atoms with Gasteiger partial charge in [-0.25, -0.2) is 4.99 Å². The average molecular weight is 186 g/mol. The molecule has 0 aromatic heterocycles. The second-order valence-corrected chi connectivity index (χ2v) is 3.76. The summed E-state index contributed by atoms with van der Waals surface area (Å²) in [7, 11) is 3.89. The van der Waals surface area contributed by atoms with Crippen molar-refractivity contribution in [3.63, 3.8) is 0 Å². The van der Waals surface area contributed by atoms with Gasteiger partial charge in [-0.15, -0.1) is 0 Å². The van der Waals surface area contributed by atoms with Crippen LogP contribution in [0, 0.1) is 0 Å². The number of hydrogen-bond acceptors (Lipinski definition) is 4. The highest BCUT2D eigenvalue weighted by molar-refractivity contribution is 5.74. The minimum Gasteiger partial charge on any atom is -0.479 e. The molecule has 0 saturated carbocycles. The Bertz CT molecular complexity index is 192. The van der Waals surface area contributed by atoms with Crippen LogP contribution in [0.5, 0.6) is 0 Å². The molecule has 2 atom stereocenters. The molecule has 1 aliphatic rings. The van der Waals surface area contributed by atoms with Crippen molar-refractivity contribution in [1.82, 2.24) is 4.90 Å². The second-order valence-electron chi connectivity index (χ2n) is 3.76. The van der Waals surface area contributed by atoms with E-state index in [-0.39, 0.29) is 12.1 Å². The van der Waals surface area contributed by atoms with Crippen molar-refractivity contribution in [2.75, 3.05) is 27.2 Å². The molecule has 0 unspecified atom stereocenters. The third kappa shape index (κ3) is 3.74. The van der Waals surface area contributed by atoms with Crippen LogP contribution in [0.2, 0.25) is 0 Å². The smallest absolute Gasteiger partial charge is 0.180 e. The number of aliphatic hydroxyl groups is 1. The Labute approximate surface area is 79.2 Å². The van der Waals surface area contributed by atoms with Crippen LogP contribution in [-0.2, 0) is 4.74 Å². The standard InChI is InChI=1S/C9H18N2O2/c1-7-10-8(6-13-7)4-9(12)5-11(2)3/h8-9,12H,4-6H2,1-3H3/t8-,9+/m1/s1. The van der Waals surface area contributed by atoms with Crippen LogP contribution in [0.15, 0.2) is 4.99 Å². The normalized spacial score (nSPS) is 24.4. The SMILES string of the molecule is CC1=N[C@H](C[C@H](O)CN(C)C)CO1. The van der Waals surface area contributed by atoms with Gasteiger partial charge in [0.2, 0.25) is 0 Å². The van der Waals surface area contributed by atoms with Gasteiger partial charge in [0, 0.05) is 19.9 Å². The van der Waals surface area contributed by atoms with Gasteiger partial charge in [-0.1, -0.05) is 0 Å². The largest absolute Gasteiger partial charge is 0.479 e. The monoisotopic (exact) mass is 186 g/mol. The molecule has 1 aliphatic heterocycles. The van der Waals surface area contributed by atoms with E-state index < -0.39 is 0 Å². The number of aliphatic imine (C=N–C) groups is 1. The van der Waals surface area contributed by atoms with E-state index in [1.165, 1.54) is 0 Å². The molecule has 0 aliphatic carbocycles. The average Bonchev–Trinajstić information content (AvgIpc) is 2.33. The Hall–Kier alpha value is -0.610. The van der Waals surface area contributed by atoms with Crippen molar-refractivity contribution < 1.29 is 9.84 Å². The van der Waals surface area contributed by atoms with E-state index in [0.29, 0.717) is 19.6 Å². The highest BCUT2D eigenvalue weighted by Gasteiger charge is 2.19. The lowest BCUT2D eigenvalue weighted by atomic mass is 10.1. The van der Waals surface area contributed by atoms with E-state index in [1.807, 2.05) is 25.9 Å². The molecule has 0 radical (unpaired) electrons. The van der Waals surface area contributed by atoms with Gasteiger partial charge < -0.3 is 14.7 Å². The number of rotatable bonds is 4. The fourth-order valence-corrected chi connectivity index (χ4v) is 1.48. The molecule has 0 amide bonds. The minimum absolute atomic E-state index is 0.148. The van der Waals surface area contributed by atoms with E-state index in [4.69, 9.17) is 4.74 Å². The molecule has 1 heterocycles. The maximum absolute atomic E-state index is 9.60. The first-order valence-electron chi connectivity index (χ1n) is 4.58. The second kappa shape index (κ2) is 4.58. The zero-order valence-corrected chi connectivity index (χ0v) is 8.53. The summed E-state index contributed by atoms with van der Waals surface area (Å²) in [6.07, 6.45) is 0.383. The zero-order valence-electron chi connectivity index (χ0n) is 8.53. The first-order chi connectivity index (χ1) is 6.08. The fourth-order valence-electron chi connectivity index (χ4n) is 1.48. The zero-order chi connectivity index (χ0) is 9.84. The Morgan fingerprint density at radius 3 is 2.85 bits per heavy atom. The van der Waals surface area contributed by atoms with Gasteiger partial charge in [-0.05, 0) is 14.1 Å². The van der Waals surface area contributed by atoms with Crippen LogP contribution in [0.4, 0.5) is 0 Å². The van der Waals surface area contributed by atoms with Crippen LogP contribution in [0.3, 0.4) is 0 Å². The molecular weight excluding hydrogens is 168 g/mol. The topological polar surface area (TPSA) is 45.1 Å². The predicted molar refractivity (Wildman–Crippen MR) is 52.0 cm³/mol. The van der Waals surface area contributed by atoms with Gasteiger partial charge in [0.25, 0.3) is 0 Å². The van der Waals surface area contributed by atoms with Gasteiger partial charge in [0.15, 0.2) is 5.90 Å². The molecular formula is C9H18N2O2. The van der Waals surface area contributed by atoms with E-state index >= 15 is 0 Å². The first-order valence-corrected chi connectivity index (χ1v) is 4.58. The van der Waals surface area contributed by atoms with Gasteiger partial charge in [0.1, 0.15) is 6.61 Å². The third-order valence-corrected chi connectivity index (χ3v) is 1.97. The van der Waals surface area contributed by atoms with Crippen molar-refractivity contribution in [3.05, 3.63) is 0 Å². The maximum Gasteiger partial charge on any atom is 0.180 e. The highest BCUT2D eigenvalue weighted by atomic mass is 16.5. The van der Waals surface area contributed by atoms with Crippen molar-refractivity contribution in [2.45, 2.75) is 25.5 Å². The fraction of sp³-hybridized carbons (Fsp3) is 0.889. The molecule has 76 valence electrons. The quantitative estimate of drug-likeness (QED) is 0.678. The van der Waals surface area contributed by atoms with E-state index in [2.05, 4.69) is 4.99 Å². The van der Waals surface area contributed by atoms with E-state index in [1.54, 1.807) is 0 Å². The van der Waals surface area contributed by atoms with Gasteiger partial charge in [-0.2, -0.15) is 0 Å². The summed E-state index contributed by atoms with van der Waals surface area (Å²) in [5.41, 5.74) is 0. The van der Waals surface area contributed by atoms with Gasteiger partial charge in [0.05, 0.1) is 12.1 Å². The van der Waals surface area contributed by atoms with Crippen LogP contribution in [0.25, 0.3) is 0 Å². The Kier molecular flexibility index (Phi) is 3.69. The first kappa shape index (κ1) is 10.5. The van der Waals surface area contributed by atoms with Gasteiger partial charge in [-0.3, -0.25) is 0 Å². The molecule has 13 heavy (non-hydrogen) atoms. The summed E-state index contributed by atoms with van der Waals surface area (Å²) < 4.78 is 5.20. The lowest BCUT2D eigenvalue weighted by molar-refractivity contribution is 0.117. The van der Waals surface area contributed by atoms with Gasteiger partial charge >= 0.3 is 0 Å². The highest BCUT2D eigenvalue weighted by Crippen LogP contribution is 2.10. The van der Waals surface area contributed by atoms with Crippen molar-refractivity contribution in [1.29, 1.82) is 0 Å². The third-order valence-electron chi connectivity index (χ3n) is 1.97. The summed E-state index contributed by atoms with van der Waals surface area (Å²) in [6, 6.07) is 0.148. The molecule has 0 bridgehead atoms. The molecule has 4 nitrogen and oxygen atoms in total. The lowest BCUT2D eigenvalue weighted by Crippen LogP contribution is -2.29. The van der Waals surface area contributed by atoms with Crippen molar-refractivity contribution in [3.8, 4) is 0 Å². The van der Waals surface area contributed by atoms with E-state index in [0.717, 1.165) is 5.90 Å². The number of hydrogen-bond donors (Lipinski definition) is 1. The number of aliphatic hydroxyl groups excluding tert-OH is 1. The lowest BCUT2D eigenvalue weighted by Gasteiger charge is -2.16. The summed E-state index contributed by atoms with van der Waals surface area (Å²) >= 11 is 0. The molecule has 0 spiro atoms. The molecule has 0 saturated heterocycles. The number of likely N-dealkylation sites (N-methyl/N-ethyl adjacent to an activating group) is 1. The number of nitrogens with zero attached hydrogens (tertiary/aromatic N) is 2. The Morgan fingerprint density at radius 1 is 1.69 bits per heavy atom. The van der Waals surface area contributed by atoms with E-state index in [9.17, 15) is 5.11 Å². The summed E-state index contributed by atoms with van der Waals surface area (Å²) in [5, 5.41) is 9.60. The molecule has 4 heteroatoms. The van der Waals surface area contributed by atoms with Crippen LogP contribution < -0.4 is 0 Å². The molecule has 0 aromatic carbocycles. The summed E-state index contributed by atoms with van der Waals surface area (Å²) in [4.78, 5) is 6.22. The van der Waals surface area contributed by atoms with Crippen LogP contribution in [0.1, 0.15) is 13.3 Å². The van der Waals surface area contributed by atoms with Crippen molar-refractivity contribution >= 4 is 5.90 Å². The predicted octanol–water partition coefficient (Wildman–Crippen LogP) is 0.116. The molecule has 1 N–H and O–H groups in total. The summed E-state index contributed by atoms with van der Waals surface area (Å²) in [6.45, 7) is 3.15. The minimum atomic E-state index is -0.307.